The summed E-state index contributed by atoms with van der Waals surface area (Å²) in [7, 11) is 0. The molecule has 2 aromatic rings. The van der Waals surface area contributed by atoms with Gasteiger partial charge in [0.1, 0.15) is 11.6 Å². The van der Waals surface area contributed by atoms with Crippen molar-refractivity contribution in [2.75, 3.05) is 5.32 Å². The lowest BCUT2D eigenvalue weighted by Crippen LogP contribution is -2.47. The van der Waals surface area contributed by atoms with Crippen LogP contribution in [0.4, 0.5) is 10.1 Å². The van der Waals surface area contributed by atoms with E-state index in [1.165, 1.54) is 30.3 Å². The first-order valence-electron chi connectivity index (χ1n) is 8.69. The zero-order valence-electron chi connectivity index (χ0n) is 15.8. The van der Waals surface area contributed by atoms with Crippen LogP contribution in [-0.2, 0) is 4.79 Å². The van der Waals surface area contributed by atoms with Gasteiger partial charge in [0.05, 0.1) is 10.0 Å². The van der Waals surface area contributed by atoms with Crippen LogP contribution in [0.1, 0.15) is 6.92 Å². The quantitative estimate of drug-likeness (QED) is 0.497. The number of para-hydroxylation sites is 1. The second-order valence-electron chi connectivity index (χ2n) is 6.09. The second-order valence-corrected chi connectivity index (χ2v) is 6.91. The van der Waals surface area contributed by atoms with Crippen LogP contribution in [0.15, 0.2) is 83.3 Å². The number of hydrazine groups is 1. The molecule has 2 aromatic carbocycles. The lowest BCUT2D eigenvalue weighted by atomic mass is 10.1. The number of amidine groups is 1. The molecule has 0 radical (unpaired) electrons. The van der Waals surface area contributed by atoms with E-state index < -0.39 is 5.91 Å². The van der Waals surface area contributed by atoms with E-state index in [9.17, 15) is 9.18 Å². The molecule has 1 aliphatic heterocycles. The van der Waals surface area contributed by atoms with Crippen molar-refractivity contribution in [2.45, 2.75) is 6.92 Å². The molecule has 0 saturated carbocycles. The molecule has 3 N–H and O–H groups in total. The fourth-order valence-corrected chi connectivity index (χ4v) is 3.05. The van der Waals surface area contributed by atoms with Crippen molar-refractivity contribution in [3.8, 4) is 5.75 Å². The van der Waals surface area contributed by atoms with Crippen molar-refractivity contribution in [2.24, 2.45) is 10.8 Å². The maximum absolute atomic E-state index is 13.1. The Morgan fingerprint density at radius 1 is 1.23 bits per heavy atom. The van der Waals surface area contributed by atoms with Crippen molar-refractivity contribution >= 4 is 40.6 Å². The third kappa shape index (κ3) is 4.71. The highest BCUT2D eigenvalue weighted by Crippen LogP contribution is 2.34. The fourth-order valence-electron chi connectivity index (χ4n) is 2.57. The number of hydrogen-bond acceptors (Lipinski definition) is 5. The summed E-state index contributed by atoms with van der Waals surface area (Å²) in [4.78, 5) is 17.0. The predicted octanol–water partition coefficient (Wildman–Crippen LogP) is 5.04. The molecule has 1 amide bonds. The molecule has 0 spiro atoms. The number of amides is 1. The van der Waals surface area contributed by atoms with Gasteiger partial charge >= 0.3 is 5.91 Å². The van der Waals surface area contributed by atoms with Crippen molar-refractivity contribution in [1.82, 2.24) is 5.01 Å². The smallest absolute Gasteiger partial charge is 0.309 e. The van der Waals surface area contributed by atoms with Crippen molar-refractivity contribution in [3.63, 3.8) is 0 Å². The van der Waals surface area contributed by atoms with Crippen LogP contribution in [0.2, 0.25) is 10.0 Å². The average molecular weight is 447 g/mol. The number of rotatable bonds is 5. The van der Waals surface area contributed by atoms with Crippen LogP contribution in [0, 0.1) is 5.82 Å². The van der Waals surface area contributed by atoms with Crippen molar-refractivity contribution in [3.05, 3.63) is 94.2 Å². The first-order valence-corrected chi connectivity index (χ1v) is 9.45. The molecule has 1 aliphatic rings. The van der Waals surface area contributed by atoms with E-state index in [0.717, 1.165) is 5.01 Å². The number of aliphatic imine (C=N–C) groups is 1. The Bertz CT molecular complexity index is 1070. The van der Waals surface area contributed by atoms with Crippen LogP contribution in [0.5, 0.6) is 5.75 Å². The van der Waals surface area contributed by atoms with Crippen molar-refractivity contribution < 1.29 is 13.9 Å². The molecule has 0 aliphatic carbocycles. The highest BCUT2D eigenvalue weighted by Gasteiger charge is 2.30. The van der Waals surface area contributed by atoms with Crippen LogP contribution in [0.3, 0.4) is 0 Å². The van der Waals surface area contributed by atoms with Gasteiger partial charge in [0.2, 0.25) is 0 Å². The third-order valence-corrected chi connectivity index (χ3v) is 4.61. The summed E-state index contributed by atoms with van der Waals surface area (Å²) in [6.07, 6.45) is 3.18. The molecule has 0 unspecified atom stereocenters. The van der Waals surface area contributed by atoms with Gasteiger partial charge < -0.3 is 10.1 Å². The number of nitrogens with zero attached hydrogens (tertiary/aromatic N) is 2. The van der Waals surface area contributed by atoms with Gasteiger partial charge in [-0.05, 0) is 49.4 Å². The zero-order valence-corrected chi connectivity index (χ0v) is 17.3. The number of carbonyl (C=O) groups excluding carboxylic acids is 1. The first-order chi connectivity index (χ1) is 14.3. The van der Waals surface area contributed by atoms with Gasteiger partial charge in [0.25, 0.3) is 0 Å². The summed E-state index contributed by atoms with van der Waals surface area (Å²) in [5, 5.41) is 4.24. The summed E-state index contributed by atoms with van der Waals surface area (Å²) < 4.78 is 18.7. The number of nitrogens with one attached hydrogen (secondary N) is 1. The third-order valence-electron chi connectivity index (χ3n) is 4.02. The number of hydrogen-bond donors (Lipinski definition) is 2. The number of carbonyl (C=O) groups is 1. The standard InChI is InChI=1S/C21H17Cl2FN4O2/c1-3-13-11-18(30-19-16(22)5-4-6-17(19)23)21(29)28(25)20(13)27-12(2)26-15-9-7-14(24)8-10-15/h3-11,26H,2,25H2,1H3/b13-3-,27-20+. The van der Waals surface area contributed by atoms with Crippen LogP contribution in [0.25, 0.3) is 0 Å². The molecule has 9 heteroatoms. The minimum absolute atomic E-state index is 0.0725. The lowest BCUT2D eigenvalue weighted by Gasteiger charge is -2.26. The predicted molar refractivity (Wildman–Crippen MR) is 117 cm³/mol. The zero-order chi connectivity index (χ0) is 21.8. The maximum atomic E-state index is 13.1. The normalized spacial score (nSPS) is 16.6. The van der Waals surface area contributed by atoms with E-state index in [2.05, 4.69) is 16.9 Å². The molecule has 0 saturated heterocycles. The number of ether oxygens (including phenoxy) is 1. The van der Waals surface area contributed by atoms with Gasteiger partial charge in [-0.3, -0.25) is 4.79 Å². The highest BCUT2D eigenvalue weighted by molar-refractivity contribution is 6.37. The number of anilines is 1. The summed E-state index contributed by atoms with van der Waals surface area (Å²) in [5.41, 5.74) is 1.09. The molecule has 0 fully saturated rings. The van der Waals surface area contributed by atoms with Gasteiger partial charge in [0.15, 0.2) is 17.3 Å². The molecule has 0 bridgehead atoms. The van der Waals surface area contributed by atoms with E-state index in [0.29, 0.717) is 11.3 Å². The Morgan fingerprint density at radius 2 is 1.87 bits per heavy atom. The van der Waals surface area contributed by atoms with E-state index in [1.54, 1.807) is 31.2 Å². The molecule has 3 rings (SSSR count). The molecule has 1 heterocycles. The van der Waals surface area contributed by atoms with Crippen LogP contribution >= 0.6 is 23.2 Å². The van der Waals surface area contributed by atoms with Crippen LogP contribution in [-0.4, -0.2) is 16.8 Å². The van der Waals surface area contributed by atoms with Gasteiger partial charge in [0, 0.05) is 11.3 Å². The van der Waals surface area contributed by atoms with Crippen LogP contribution < -0.4 is 15.9 Å². The van der Waals surface area contributed by atoms with Gasteiger partial charge in [-0.15, -0.1) is 0 Å². The average Bonchev–Trinajstić information content (AvgIpc) is 2.71. The second kappa shape index (κ2) is 9.13. The van der Waals surface area contributed by atoms with E-state index in [1.807, 2.05) is 0 Å². The van der Waals surface area contributed by atoms with Gasteiger partial charge in [-0.25, -0.2) is 20.2 Å². The first kappa shape index (κ1) is 21.6. The Kier molecular flexibility index (Phi) is 6.56. The Labute approximate surface area is 182 Å². The lowest BCUT2D eigenvalue weighted by molar-refractivity contribution is -0.126. The largest absolute Gasteiger partial charge is 0.448 e. The monoisotopic (exact) mass is 446 g/mol. The summed E-state index contributed by atoms with van der Waals surface area (Å²) in [5.74, 6) is 5.39. The Hall–Kier alpha value is -3.13. The number of halogens is 3. The SMILES string of the molecule is C=C(/N=C1\C(=C/C)C=C(Oc2c(Cl)cccc2Cl)C(=O)N1N)Nc1ccc(F)cc1. The summed E-state index contributed by atoms with van der Waals surface area (Å²) >= 11 is 12.2. The number of benzene rings is 2. The summed E-state index contributed by atoms with van der Waals surface area (Å²) in [6.45, 7) is 5.56. The molecule has 30 heavy (non-hydrogen) atoms. The number of allylic oxidation sites excluding steroid dienone is 1. The highest BCUT2D eigenvalue weighted by atomic mass is 35.5. The molecule has 0 atom stereocenters. The van der Waals surface area contributed by atoms with E-state index >= 15 is 0 Å². The Balaban J connectivity index is 1.87. The maximum Gasteiger partial charge on any atom is 0.309 e. The molecule has 154 valence electrons. The van der Waals surface area contributed by atoms with Gasteiger partial charge in [-0.1, -0.05) is 41.9 Å². The molecule has 0 aromatic heterocycles. The van der Waals surface area contributed by atoms with Gasteiger partial charge in [-0.2, -0.15) is 0 Å². The molecular weight excluding hydrogens is 430 g/mol. The topological polar surface area (TPSA) is 80.0 Å². The van der Waals surface area contributed by atoms with E-state index in [-0.39, 0.29) is 39.0 Å². The van der Waals surface area contributed by atoms with Crippen molar-refractivity contribution in [1.29, 1.82) is 0 Å². The number of nitrogens with two attached hydrogens (primary N) is 1. The minimum Gasteiger partial charge on any atom is -0.448 e. The fraction of sp³-hybridized carbons (Fsp3) is 0.0476. The van der Waals surface area contributed by atoms with E-state index in [4.69, 9.17) is 33.8 Å². The minimum atomic E-state index is -0.648. The summed E-state index contributed by atoms with van der Waals surface area (Å²) in [6, 6.07) is 10.5. The molecular formula is C21H17Cl2FN4O2. The Morgan fingerprint density at radius 3 is 2.47 bits per heavy atom. The molecule has 6 nitrogen and oxygen atoms in total.